The smallest absolute Gasteiger partial charge is 0.254 e. The zero-order valence-electron chi connectivity index (χ0n) is 18.8. The lowest BCUT2D eigenvalue weighted by molar-refractivity contribution is -0.120. The molecule has 1 unspecified atom stereocenters. The van der Waals surface area contributed by atoms with E-state index >= 15 is 0 Å². The first-order valence-corrected chi connectivity index (χ1v) is 11.1. The minimum absolute atomic E-state index is 0.170. The lowest BCUT2D eigenvalue weighted by atomic mass is 9.98. The Labute approximate surface area is 193 Å². The third-order valence-electron chi connectivity index (χ3n) is 5.84. The van der Waals surface area contributed by atoms with E-state index < -0.39 is 6.04 Å². The van der Waals surface area contributed by atoms with E-state index in [1.807, 2.05) is 61.5 Å². The van der Waals surface area contributed by atoms with E-state index in [9.17, 15) is 14.4 Å². The maximum atomic E-state index is 13.7. The summed E-state index contributed by atoms with van der Waals surface area (Å²) >= 11 is 0. The zero-order valence-corrected chi connectivity index (χ0v) is 18.8. The zero-order chi connectivity index (χ0) is 23.4. The van der Waals surface area contributed by atoms with Crippen LogP contribution in [0.5, 0.6) is 0 Å². The van der Waals surface area contributed by atoms with E-state index in [1.54, 1.807) is 23.1 Å². The third kappa shape index (κ3) is 4.95. The van der Waals surface area contributed by atoms with Gasteiger partial charge in [0.15, 0.2) is 0 Å². The van der Waals surface area contributed by atoms with Crippen LogP contribution in [-0.4, -0.2) is 24.3 Å². The highest BCUT2D eigenvalue weighted by Crippen LogP contribution is 2.30. The van der Waals surface area contributed by atoms with Crippen molar-refractivity contribution in [2.24, 2.45) is 0 Å². The van der Waals surface area contributed by atoms with Gasteiger partial charge in [-0.1, -0.05) is 54.6 Å². The third-order valence-corrected chi connectivity index (χ3v) is 5.84. The summed E-state index contributed by atoms with van der Waals surface area (Å²) in [5.41, 5.74) is 4.54. The first-order valence-electron chi connectivity index (χ1n) is 11.1. The summed E-state index contributed by atoms with van der Waals surface area (Å²) in [4.78, 5) is 40.2. The number of amides is 3. The molecule has 0 radical (unpaired) electrons. The van der Waals surface area contributed by atoms with Crippen molar-refractivity contribution >= 4 is 29.1 Å². The maximum absolute atomic E-state index is 13.7. The van der Waals surface area contributed by atoms with Gasteiger partial charge in [0.05, 0.1) is 0 Å². The van der Waals surface area contributed by atoms with Gasteiger partial charge < -0.3 is 15.5 Å². The standard InChI is InChI=1S/C27H27N3O3/c1-18-14-15-22(17-23(18)28-19(2)31)26(32)29-25(21-10-4-3-5-11-21)27(33)30-16-8-12-20-9-6-7-13-24(20)30/h3-7,9-11,13-15,17,25H,8,12,16H2,1-2H3,(H,28,31)(H,29,32). The number of carbonyl (C=O) groups excluding carboxylic acids is 3. The molecule has 168 valence electrons. The minimum atomic E-state index is -0.838. The molecular weight excluding hydrogens is 414 g/mol. The van der Waals surface area contributed by atoms with Crippen molar-refractivity contribution in [3.05, 3.63) is 95.1 Å². The minimum Gasteiger partial charge on any atom is -0.336 e. The van der Waals surface area contributed by atoms with Crippen LogP contribution in [0.4, 0.5) is 11.4 Å². The molecule has 4 rings (SSSR count). The number of benzene rings is 3. The van der Waals surface area contributed by atoms with Crippen LogP contribution in [0.1, 0.15) is 46.4 Å². The van der Waals surface area contributed by atoms with Crippen LogP contribution in [0.3, 0.4) is 0 Å². The fourth-order valence-corrected chi connectivity index (χ4v) is 4.15. The molecular formula is C27H27N3O3. The monoisotopic (exact) mass is 441 g/mol. The van der Waals surface area contributed by atoms with Crippen LogP contribution < -0.4 is 15.5 Å². The molecule has 6 nitrogen and oxygen atoms in total. The summed E-state index contributed by atoms with van der Waals surface area (Å²) in [7, 11) is 0. The predicted octanol–water partition coefficient (Wildman–Crippen LogP) is 4.40. The quantitative estimate of drug-likeness (QED) is 0.616. The molecule has 2 N–H and O–H groups in total. The Morgan fingerprint density at radius 3 is 2.42 bits per heavy atom. The summed E-state index contributed by atoms with van der Waals surface area (Å²) in [6.07, 6.45) is 1.80. The van der Waals surface area contributed by atoms with Crippen LogP contribution in [0.2, 0.25) is 0 Å². The SMILES string of the molecule is CC(=O)Nc1cc(C(=O)NC(C(=O)N2CCCc3ccccc32)c2ccccc2)ccc1C. The number of carbonyl (C=O) groups is 3. The van der Waals surface area contributed by atoms with Crippen LogP contribution in [0.15, 0.2) is 72.8 Å². The van der Waals surface area contributed by atoms with Crippen molar-refractivity contribution in [1.29, 1.82) is 0 Å². The first kappa shape index (κ1) is 22.3. The normalized spacial score (nSPS) is 13.6. The predicted molar refractivity (Wildman–Crippen MR) is 129 cm³/mol. The number of nitrogens with zero attached hydrogens (tertiary/aromatic N) is 1. The van der Waals surface area contributed by atoms with Gasteiger partial charge in [-0.15, -0.1) is 0 Å². The number of hydrogen-bond acceptors (Lipinski definition) is 3. The number of nitrogens with one attached hydrogen (secondary N) is 2. The number of para-hydroxylation sites is 1. The van der Waals surface area contributed by atoms with Crippen LogP contribution in [0, 0.1) is 6.92 Å². The molecule has 0 aliphatic carbocycles. The molecule has 1 heterocycles. The van der Waals surface area contributed by atoms with Crippen LogP contribution in [0.25, 0.3) is 0 Å². The van der Waals surface area contributed by atoms with Gasteiger partial charge in [-0.25, -0.2) is 0 Å². The summed E-state index contributed by atoms with van der Waals surface area (Å²) in [5.74, 6) is -0.762. The molecule has 0 bridgehead atoms. The van der Waals surface area contributed by atoms with Crippen molar-refractivity contribution in [1.82, 2.24) is 5.32 Å². The Hall–Kier alpha value is -3.93. The van der Waals surface area contributed by atoms with Gasteiger partial charge in [0.1, 0.15) is 6.04 Å². The molecule has 3 aromatic carbocycles. The first-order chi connectivity index (χ1) is 15.9. The van der Waals surface area contributed by atoms with Gasteiger partial charge in [-0.2, -0.15) is 0 Å². The molecule has 6 heteroatoms. The fraction of sp³-hybridized carbons (Fsp3) is 0.222. The maximum Gasteiger partial charge on any atom is 0.254 e. The van der Waals surface area contributed by atoms with Gasteiger partial charge in [-0.05, 0) is 54.7 Å². The number of rotatable bonds is 5. The van der Waals surface area contributed by atoms with Crippen molar-refractivity contribution < 1.29 is 14.4 Å². The topological polar surface area (TPSA) is 78.5 Å². The Morgan fingerprint density at radius 1 is 0.939 bits per heavy atom. The molecule has 33 heavy (non-hydrogen) atoms. The number of hydrogen-bond donors (Lipinski definition) is 2. The highest BCUT2D eigenvalue weighted by atomic mass is 16.2. The van der Waals surface area contributed by atoms with Crippen molar-refractivity contribution in [2.75, 3.05) is 16.8 Å². The lowest BCUT2D eigenvalue weighted by Crippen LogP contribution is -2.45. The highest BCUT2D eigenvalue weighted by Gasteiger charge is 2.31. The largest absolute Gasteiger partial charge is 0.336 e. The molecule has 3 aromatic rings. The van der Waals surface area contributed by atoms with Gasteiger partial charge in [0.2, 0.25) is 5.91 Å². The van der Waals surface area contributed by atoms with Gasteiger partial charge in [0.25, 0.3) is 11.8 Å². The molecule has 1 aliphatic heterocycles. The number of aryl methyl sites for hydroxylation is 2. The fourth-order valence-electron chi connectivity index (χ4n) is 4.15. The average molecular weight is 442 g/mol. The molecule has 0 saturated heterocycles. The molecule has 3 amide bonds. The Bertz CT molecular complexity index is 1190. The molecule has 0 spiro atoms. The molecule has 1 aliphatic rings. The van der Waals surface area contributed by atoms with E-state index in [2.05, 4.69) is 10.6 Å². The van der Waals surface area contributed by atoms with Crippen molar-refractivity contribution in [3.8, 4) is 0 Å². The number of fused-ring (bicyclic) bond motifs is 1. The average Bonchev–Trinajstić information content (AvgIpc) is 2.83. The van der Waals surface area contributed by atoms with E-state index in [1.165, 1.54) is 6.92 Å². The van der Waals surface area contributed by atoms with Gasteiger partial charge >= 0.3 is 0 Å². The van der Waals surface area contributed by atoms with Crippen LogP contribution in [-0.2, 0) is 16.0 Å². The van der Waals surface area contributed by atoms with Crippen molar-refractivity contribution in [2.45, 2.75) is 32.7 Å². The van der Waals surface area contributed by atoms with E-state index in [0.717, 1.165) is 29.7 Å². The second kappa shape index (κ2) is 9.69. The highest BCUT2D eigenvalue weighted by molar-refractivity contribution is 6.04. The number of anilines is 2. The lowest BCUT2D eigenvalue weighted by Gasteiger charge is -2.32. The van der Waals surface area contributed by atoms with E-state index in [0.29, 0.717) is 23.4 Å². The summed E-state index contributed by atoms with van der Waals surface area (Å²) in [6, 6.07) is 21.4. The molecule has 1 atom stereocenters. The Balaban J connectivity index is 1.65. The Morgan fingerprint density at radius 2 is 1.67 bits per heavy atom. The summed E-state index contributed by atoms with van der Waals surface area (Å²) in [5, 5.41) is 5.68. The molecule has 0 fully saturated rings. The van der Waals surface area contributed by atoms with Crippen molar-refractivity contribution in [3.63, 3.8) is 0 Å². The molecule has 0 saturated carbocycles. The van der Waals surface area contributed by atoms with Gasteiger partial charge in [0, 0.05) is 30.4 Å². The second-order valence-corrected chi connectivity index (χ2v) is 8.25. The Kier molecular flexibility index (Phi) is 6.54. The van der Waals surface area contributed by atoms with Crippen LogP contribution >= 0.6 is 0 Å². The molecule has 0 aromatic heterocycles. The second-order valence-electron chi connectivity index (χ2n) is 8.25. The van der Waals surface area contributed by atoms with E-state index in [4.69, 9.17) is 0 Å². The van der Waals surface area contributed by atoms with E-state index in [-0.39, 0.29) is 17.7 Å². The van der Waals surface area contributed by atoms with Gasteiger partial charge in [-0.3, -0.25) is 14.4 Å². The summed E-state index contributed by atoms with van der Waals surface area (Å²) < 4.78 is 0. The summed E-state index contributed by atoms with van der Waals surface area (Å²) in [6.45, 7) is 3.88.